The van der Waals surface area contributed by atoms with Crippen LogP contribution in [-0.4, -0.2) is 21.8 Å². The van der Waals surface area contributed by atoms with E-state index >= 15 is 0 Å². The van der Waals surface area contributed by atoms with E-state index in [0.717, 1.165) is 10.7 Å². The highest BCUT2D eigenvalue weighted by molar-refractivity contribution is 7.13. The lowest BCUT2D eigenvalue weighted by Crippen LogP contribution is -2.15. The number of carbonyl (C=O) groups is 2. The van der Waals surface area contributed by atoms with Crippen LogP contribution in [0.1, 0.15) is 12.6 Å². The van der Waals surface area contributed by atoms with Crippen molar-refractivity contribution >= 4 is 46.1 Å². The van der Waals surface area contributed by atoms with E-state index in [1.165, 1.54) is 18.3 Å². The topological polar surface area (TPSA) is 84.0 Å². The van der Waals surface area contributed by atoms with Crippen molar-refractivity contribution < 1.29 is 9.59 Å². The molecule has 0 bridgehead atoms. The Hall–Kier alpha value is -2.77. The molecule has 3 aromatic rings. The lowest BCUT2D eigenvalue weighted by atomic mass is 10.2. The summed E-state index contributed by atoms with van der Waals surface area (Å²) in [6, 6.07) is 10.5. The average molecular weight is 387 g/mol. The standard InChI is InChI=1S/C18H15ClN4O2S/c1-11(24)21-16-8-12(5-6-14(16)19)22-17(25)9-13-10-26-18(23-13)15-4-2-3-7-20-15/h2-8,10H,9H2,1H3,(H,21,24)(H,22,25). The molecule has 3 rings (SSSR count). The third kappa shape index (κ3) is 4.65. The zero-order valence-corrected chi connectivity index (χ0v) is 15.4. The van der Waals surface area contributed by atoms with Gasteiger partial charge in [-0.1, -0.05) is 17.7 Å². The van der Waals surface area contributed by atoms with Gasteiger partial charge in [-0.15, -0.1) is 11.3 Å². The number of benzene rings is 1. The number of nitrogens with one attached hydrogen (secondary N) is 2. The Morgan fingerprint density at radius 2 is 2.04 bits per heavy atom. The maximum Gasteiger partial charge on any atom is 0.230 e. The minimum Gasteiger partial charge on any atom is -0.326 e. The Morgan fingerprint density at radius 1 is 1.19 bits per heavy atom. The molecule has 0 aliphatic rings. The summed E-state index contributed by atoms with van der Waals surface area (Å²) < 4.78 is 0. The van der Waals surface area contributed by atoms with Crippen molar-refractivity contribution in [3.63, 3.8) is 0 Å². The average Bonchev–Trinajstić information content (AvgIpc) is 3.06. The molecular weight excluding hydrogens is 372 g/mol. The predicted octanol–water partition coefficient (Wildman–Crippen LogP) is 4.00. The van der Waals surface area contributed by atoms with Crippen LogP contribution in [0.3, 0.4) is 0 Å². The van der Waals surface area contributed by atoms with Gasteiger partial charge < -0.3 is 10.6 Å². The molecule has 0 aliphatic heterocycles. The number of pyridine rings is 1. The molecule has 2 N–H and O–H groups in total. The van der Waals surface area contributed by atoms with Gasteiger partial charge in [0.2, 0.25) is 11.8 Å². The second-order valence-electron chi connectivity index (χ2n) is 5.46. The van der Waals surface area contributed by atoms with E-state index in [-0.39, 0.29) is 18.2 Å². The van der Waals surface area contributed by atoms with Gasteiger partial charge in [-0.25, -0.2) is 4.98 Å². The molecule has 2 aromatic heterocycles. The van der Waals surface area contributed by atoms with Crippen LogP contribution in [0.25, 0.3) is 10.7 Å². The Balaban J connectivity index is 1.66. The summed E-state index contributed by atoms with van der Waals surface area (Å²) in [5.41, 5.74) is 2.44. The lowest BCUT2D eigenvalue weighted by Gasteiger charge is -2.09. The highest BCUT2D eigenvalue weighted by atomic mass is 35.5. The van der Waals surface area contributed by atoms with Gasteiger partial charge in [0.05, 0.1) is 28.5 Å². The number of amides is 2. The number of rotatable bonds is 5. The fourth-order valence-electron chi connectivity index (χ4n) is 2.25. The summed E-state index contributed by atoms with van der Waals surface area (Å²) >= 11 is 7.47. The van der Waals surface area contributed by atoms with Crippen LogP contribution in [0, 0.1) is 0 Å². The highest BCUT2D eigenvalue weighted by Gasteiger charge is 2.11. The molecule has 6 nitrogen and oxygen atoms in total. The molecule has 0 unspecified atom stereocenters. The van der Waals surface area contributed by atoms with Crippen molar-refractivity contribution in [3.05, 3.63) is 58.7 Å². The Bertz CT molecular complexity index is 943. The van der Waals surface area contributed by atoms with Crippen molar-refractivity contribution in [3.8, 4) is 10.7 Å². The largest absolute Gasteiger partial charge is 0.326 e. The number of aromatic nitrogens is 2. The second-order valence-corrected chi connectivity index (χ2v) is 6.73. The number of carbonyl (C=O) groups excluding carboxylic acids is 2. The van der Waals surface area contributed by atoms with Gasteiger partial charge >= 0.3 is 0 Å². The second kappa shape index (κ2) is 8.07. The van der Waals surface area contributed by atoms with Gasteiger partial charge in [0.1, 0.15) is 5.01 Å². The molecule has 1 aromatic carbocycles. The molecule has 26 heavy (non-hydrogen) atoms. The molecule has 0 radical (unpaired) electrons. The first-order chi connectivity index (χ1) is 12.5. The monoisotopic (exact) mass is 386 g/mol. The number of hydrogen-bond donors (Lipinski definition) is 2. The summed E-state index contributed by atoms with van der Waals surface area (Å²) in [7, 11) is 0. The van der Waals surface area contributed by atoms with Crippen LogP contribution < -0.4 is 10.6 Å². The summed E-state index contributed by atoms with van der Waals surface area (Å²) in [6.07, 6.45) is 1.84. The molecule has 0 saturated carbocycles. The first-order valence-corrected chi connectivity index (χ1v) is 9.00. The number of hydrogen-bond acceptors (Lipinski definition) is 5. The van der Waals surface area contributed by atoms with Crippen LogP contribution in [0.5, 0.6) is 0 Å². The summed E-state index contributed by atoms with van der Waals surface area (Å²) in [6.45, 7) is 1.39. The molecular formula is C18H15ClN4O2S. The number of anilines is 2. The SMILES string of the molecule is CC(=O)Nc1cc(NC(=O)Cc2csc(-c3ccccn3)n2)ccc1Cl. The molecule has 0 fully saturated rings. The van der Waals surface area contributed by atoms with Crippen molar-refractivity contribution in [2.24, 2.45) is 0 Å². The van der Waals surface area contributed by atoms with Gasteiger partial charge in [0, 0.05) is 24.2 Å². The minimum atomic E-state index is -0.236. The smallest absolute Gasteiger partial charge is 0.230 e. The highest BCUT2D eigenvalue weighted by Crippen LogP contribution is 2.26. The van der Waals surface area contributed by atoms with Crippen LogP contribution >= 0.6 is 22.9 Å². The van der Waals surface area contributed by atoms with E-state index in [9.17, 15) is 9.59 Å². The molecule has 0 saturated heterocycles. The third-order valence-corrected chi connectivity index (χ3v) is 4.58. The van der Waals surface area contributed by atoms with Crippen LogP contribution in [0.4, 0.5) is 11.4 Å². The Labute approximate surface area is 159 Å². The van der Waals surface area contributed by atoms with Gasteiger partial charge in [0.25, 0.3) is 0 Å². The molecule has 2 heterocycles. The molecule has 8 heteroatoms. The zero-order valence-electron chi connectivity index (χ0n) is 13.8. The third-order valence-electron chi connectivity index (χ3n) is 3.34. The van der Waals surface area contributed by atoms with E-state index in [0.29, 0.717) is 22.1 Å². The fraction of sp³-hybridized carbons (Fsp3) is 0.111. The van der Waals surface area contributed by atoms with Gasteiger partial charge in [0.15, 0.2) is 0 Å². The Kier molecular flexibility index (Phi) is 5.60. The quantitative estimate of drug-likeness (QED) is 0.694. The van der Waals surface area contributed by atoms with Crippen molar-refractivity contribution in [2.75, 3.05) is 10.6 Å². The number of thiazole rings is 1. The van der Waals surface area contributed by atoms with E-state index < -0.39 is 0 Å². The fourth-order valence-corrected chi connectivity index (χ4v) is 3.21. The summed E-state index contributed by atoms with van der Waals surface area (Å²) in [4.78, 5) is 32.2. The first kappa shape index (κ1) is 18.0. The molecule has 0 spiro atoms. The zero-order chi connectivity index (χ0) is 18.5. The Morgan fingerprint density at radius 3 is 2.77 bits per heavy atom. The minimum absolute atomic E-state index is 0.140. The van der Waals surface area contributed by atoms with Crippen molar-refractivity contribution in [1.29, 1.82) is 0 Å². The molecule has 0 aliphatic carbocycles. The van der Waals surface area contributed by atoms with Crippen LogP contribution in [0.15, 0.2) is 48.0 Å². The number of nitrogens with zero attached hydrogens (tertiary/aromatic N) is 2. The maximum atomic E-state index is 12.3. The van der Waals surface area contributed by atoms with Crippen LogP contribution in [0.2, 0.25) is 5.02 Å². The van der Waals surface area contributed by atoms with E-state index in [1.54, 1.807) is 24.4 Å². The summed E-state index contributed by atoms with van der Waals surface area (Å²) in [5, 5.41) is 8.41. The molecule has 2 amide bonds. The van der Waals surface area contributed by atoms with E-state index in [2.05, 4.69) is 20.6 Å². The van der Waals surface area contributed by atoms with Crippen molar-refractivity contribution in [2.45, 2.75) is 13.3 Å². The molecule has 132 valence electrons. The first-order valence-electron chi connectivity index (χ1n) is 7.74. The summed E-state index contributed by atoms with van der Waals surface area (Å²) in [5.74, 6) is -0.445. The normalized spacial score (nSPS) is 10.4. The van der Waals surface area contributed by atoms with Gasteiger partial charge in [-0.3, -0.25) is 14.6 Å². The van der Waals surface area contributed by atoms with Gasteiger partial charge in [-0.05, 0) is 30.3 Å². The van der Waals surface area contributed by atoms with Gasteiger partial charge in [-0.2, -0.15) is 0 Å². The van der Waals surface area contributed by atoms with E-state index in [1.807, 2.05) is 23.6 Å². The molecule has 0 atom stereocenters. The van der Waals surface area contributed by atoms with Crippen LogP contribution in [-0.2, 0) is 16.0 Å². The number of halogens is 1. The van der Waals surface area contributed by atoms with E-state index in [4.69, 9.17) is 11.6 Å². The lowest BCUT2D eigenvalue weighted by molar-refractivity contribution is -0.116. The predicted molar refractivity (Wildman–Crippen MR) is 103 cm³/mol. The maximum absolute atomic E-state index is 12.3. The van der Waals surface area contributed by atoms with Crippen molar-refractivity contribution in [1.82, 2.24) is 9.97 Å².